The zero-order chi connectivity index (χ0) is 19.4. The molecular formula is C18H30N8O. The highest BCUT2D eigenvalue weighted by Crippen LogP contribution is 2.22. The number of hydrogen-bond acceptors (Lipinski definition) is 5. The molecule has 9 nitrogen and oxygen atoms in total. The van der Waals surface area contributed by atoms with E-state index >= 15 is 0 Å². The summed E-state index contributed by atoms with van der Waals surface area (Å²) in [7, 11) is 9.84. The fraction of sp³-hybridized carbons (Fsp3) is 0.611. The molecule has 1 aliphatic heterocycles. The van der Waals surface area contributed by atoms with Gasteiger partial charge in [-0.25, -0.2) is 0 Å². The van der Waals surface area contributed by atoms with Gasteiger partial charge in [-0.05, 0) is 14.1 Å². The first-order chi connectivity index (χ1) is 13.0. The SMILES string of the molecule is CN=C(NCC(c1cnn(C)c1)N(C)C)N1CCOC(c2cnn(C)c2)C1. The number of aliphatic imine (C=N–C) groups is 1. The first-order valence-corrected chi connectivity index (χ1v) is 9.18. The summed E-state index contributed by atoms with van der Waals surface area (Å²) in [5.74, 6) is 0.892. The third-order valence-electron chi connectivity index (χ3n) is 4.86. The van der Waals surface area contributed by atoms with E-state index in [-0.39, 0.29) is 12.1 Å². The van der Waals surface area contributed by atoms with Crippen LogP contribution in [-0.2, 0) is 18.8 Å². The van der Waals surface area contributed by atoms with Gasteiger partial charge in [0, 0.05) is 57.8 Å². The van der Waals surface area contributed by atoms with Crippen LogP contribution < -0.4 is 5.32 Å². The van der Waals surface area contributed by atoms with Crippen molar-refractivity contribution in [1.29, 1.82) is 0 Å². The molecule has 2 unspecified atom stereocenters. The monoisotopic (exact) mass is 374 g/mol. The van der Waals surface area contributed by atoms with Crippen molar-refractivity contribution in [2.24, 2.45) is 19.1 Å². The Hall–Kier alpha value is -2.39. The highest BCUT2D eigenvalue weighted by atomic mass is 16.5. The Morgan fingerprint density at radius 1 is 1.30 bits per heavy atom. The minimum absolute atomic E-state index is 0.00830. The van der Waals surface area contributed by atoms with E-state index in [9.17, 15) is 0 Å². The van der Waals surface area contributed by atoms with Gasteiger partial charge in [0.15, 0.2) is 5.96 Å². The summed E-state index contributed by atoms with van der Waals surface area (Å²) >= 11 is 0. The van der Waals surface area contributed by atoms with Crippen molar-refractivity contribution < 1.29 is 4.74 Å². The second kappa shape index (κ2) is 8.53. The topological polar surface area (TPSA) is 75.7 Å². The van der Waals surface area contributed by atoms with Crippen LogP contribution in [0.3, 0.4) is 0 Å². The molecule has 1 fully saturated rings. The molecule has 2 aromatic rings. The highest BCUT2D eigenvalue weighted by Gasteiger charge is 2.26. The Morgan fingerprint density at radius 3 is 2.63 bits per heavy atom. The number of rotatable bonds is 5. The summed E-state index contributed by atoms with van der Waals surface area (Å²) in [5.41, 5.74) is 2.28. The molecule has 0 spiro atoms. The minimum atomic E-state index is 0.00830. The average molecular weight is 374 g/mol. The van der Waals surface area contributed by atoms with E-state index in [2.05, 4.69) is 50.6 Å². The van der Waals surface area contributed by atoms with Gasteiger partial charge in [0.2, 0.25) is 0 Å². The van der Waals surface area contributed by atoms with E-state index in [1.807, 2.05) is 44.4 Å². The molecule has 0 saturated carbocycles. The molecule has 1 N–H and O–H groups in total. The highest BCUT2D eigenvalue weighted by molar-refractivity contribution is 5.80. The standard InChI is InChI=1S/C18H30N8O/c1-19-18(20-10-16(23(2)3)14-8-21-24(4)11-14)26-6-7-27-17(13-26)15-9-22-25(5)12-15/h8-9,11-12,16-17H,6-7,10,13H2,1-5H3,(H,19,20). The normalized spacial score (nSPS) is 19.6. The van der Waals surface area contributed by atoms with E-state index in [1.165, 1.54) is 5.56 Å². The van der Waals surface area contributed by atoms with Crippen LogP contribution >= 0.6 is 0 Å². The van der Waals surface area contributed by atoms with Gasteiger partial charge >= 0.3 is 0 Å². The van der Waals surface area contributed by atoms with Crippen LogP contribution in [0.2, 0.25) is 0 Å². The van der Waals surface area contributed by atoms with E-state index < -0.39 is 0 Å². The van der Waals surface area contributed by atoms with Gasteiger partial charge in [0.25, 0.3) is 0 Å². The van der Waals surface area contributed by atoms with Crippen LogP contribution in [-0.4, -0.2) is 82.7 Å². The van der Waals surface area contributed by atoms with Crippen LogP contribution in [0.1, 0.15) is 23.3 Å². The summed E-state index contributed by atoms with van der Waals surface area (Å²) in [6, 6.07) is 0.214. The summed E-state index contributed by atoms with van der Waals surface area (Å²) in [4.78, 5) is 8.93. The molecule has 27 heavy (non-hydrogen) atoms. The van der Waals surface area contributed by atoms with Crippen LogP contribution in [0, 0.1) is 0 Å². The molecule has 2 atom stereocenters. The molecule has 0 bridgehead atoms. The van der Waals surface area contributed by atoms with Crippen LogP contribution in [0.5, 0.6) is 0 Å². The lowest BCUT2D eigenvalue weighted by Gasteiger charge is -2.35. The number of hydrogen-bond donors (Lipinski definition) is 1. The first-order valence-electron chi connectivity index (χ1n) is 9.18. The number of guanidine groups is 1. The maximum Gasteiger partial charge on any atom is 0.193 e. The molecule has 0 aliphatic carbocycles. The molecule has 9 heteroatoms. The Kier molecular flexibility index (Phi) is 6.12. The lowest BCUT2D eigenvalue weighted by molar-refractivity contribution is -0.00811. The van der Waals surface area contributed by atoms with Crippen molar-refractivity contribution in [1.82, 2.24) is 34.7 Å². The zero-order valence-electron chi connectivity index (χ0n) is 16.8. The summed E-state index contributed by atoms with van der Waals surface area (Å²) in [6.45, 7) is 2.99. The summed E-state index contributed by atoms with van der Waals surface area (Å²) < 4.78 is 9.58. The number of aromatic nitrogens is 4. The number of ether oxygens (including phenoxy) is 1. The van der Waals surface area contributed by atoms with Gasteiger partial charge in [0.1, 0.15) is 6.10 Å². The minimum Gasteiger partial charge on any atom is -0.370 e. The number of nitrogens with one attached hydrogen (secondary N) is 1. The third kappa shape index (κ3) is 4.67. The van der Waals surface area contributed by atoms with Gasteiger partial charge in [0.05, 0.1) is 31.6 Å². The predicted molar refractivity (Wildman–Crippen MR) is 104 cm³/mol. The first kappa shape index (κ1) is 19.4. The lowest BCUT2D eigenvalue weighted by atomic mass is 10.1. The number of morpholine rings is 1. The predicted octanol–water partition coefficient (Wildman–Crippen LogP) is 0.405. The molecule has 0 radical (unpaired) electrons. The Labute approximate surface area is 160 Å². The fourth-order valence-corrected chi connectivity index (χ4v) is 3.38. The number of nitrogens with zero attached hydrogens (tertiary/aromatic N) is 7. The number of aryl methyl sites for hydroxylation is 2. The molecule has 2 aromatic heterocycles. The fourth-order valence-electron chi connectivity index (χ4n) is 3.38. The molecule has 0 aromatic carbocycles. The van der Waals surface area contributed by atoms with E-state index in [4.69, 9.17) is 4.74 Å². The van der Waals surface area contributed by atoms with Crippen molar-refractivity contribution >= 4 is 5.96 Å². The van der Waals surface area contributed by atoms with E-state index in [0.717, 1.165) is 31.2 Å². The second-order valence-electron chi connectivity index (χ2n) is 7.11. The molecule has 148 valence electrons. The van der Waals surface area contributed by atoms with Crippen molar-refractivity contribution in [3.63, 3.8) is 0 Å². The smallest absolute Gasteiger partial charge is 0.193 e. The quantitative estimate of drug-likeness (QED) is 0.603. The Bertz CT molecular complexity index is 765. The Balaban J connectivity index is 1.64. The summed E-state index contributed by atoms with van der Waals surface area (Å²) in [5, 5.41) is 12.1. The molecule has 3 heterocycles. The molecule has 0 amide bonds. The Morgan fingerprint density at radius 2 is 2.04 bits per heavy atom. The maximum absolute atomic E-state index is 5.94. The van der Waals surface area contributed by atoms with Gasteiger partial charge in [-0.2, -0.15) is 10.2 Å². The second-order valence-corrected chi connectivity index (χ2v) is 7.11. The third-order valence-corrected chi connectivity index (χ3v) is 4.86. The van der Waals surface area contributed by atoms with E-state index in [1.54, 1.807) is 4.68 Å². The van der Waals surface area contributed by atoms with E-state index in [0.29, 0.717) is 6.61 Å². The van der Waals surface area contributed by atoms with Gasteiger partial charge in [-0.1, -0.05) is 0 Å². The zero-order valence-corrected chi connectivity index (χ0v) is 16.8. The van der Waals surface area contributed by atoms with Crippen molar-refractivity contribution in [3.8, 4) is 0 Å². The molecular weight excluding hydrogens is 344 g/mol. The van der Waals surface area contributed by atoms with Crippen LogP contribution in [0.15, 0.2) is 29.8 Å². The largest absolute Gasteiger partial charge is 0.370 e. The molecule has 3 rings (SSSR count). The van der Waals surface area contributed by atoms with Crippen molar-refractivity contribution in [2.75, 3.05) is 47.4 Å². The lowest BCUT2D eigenvalue weighted by Crippen LogP contribution is -2.49. The van der Waals surface area contributed by atoms with Gasteiger partial charge < -0.3 is 19.9 Å². The maximum atomic E-state index is 5.94. The van der Waals surface area contributed by atoms with Crippen molar-refractivity contribution in [2.45, 2.75) is 12.1 Å². The van der Waals surface area contributed by atoms with Gasteiger partial charge in [-0.15, -0.1) is 0 Å². The van der Waals surface area contributed by atoms with Crippen LogP contribution in [0.25, 0.3) is 0 Å². The molecule has 1 saturated heterocycles. The summed E-state index contributed by atoms with van der Waals surface area (Å²) in [6.07, 6.45) is 7.86. The number of likely N-dealkylation sites (N-methyl/N-ethyl adjacent to an activating group) is 1. The van der Waals surface area contributed by atoms with Crippen LogP contribution in [0.4, 0.5) is 0 Å². The molecule has 1 aliphatic rings. The van der Waals surface area contributed by atoms with Gasteiger partial charge in [-0.3, -0.25) is 14.4 Å². The van der Waals surface area contributed by atoms with Crippen molar-refractivity contribution in [3.05, 3.63) is 35.9 Å². The average Bonchev–Trinajstić information content (AvgIpc) is 3.27.